The van der Waals surface area contributed by atoms with Gasteiger partial charge in [-0.15, -0.1) is 0 Å². The highest BCUT2D eigenvalue weighted by molar-refractivity contribution is 6.04. The topological polar surface area (TPSA) is 98.3 Å². The molecule has 38 heavy (non-hydrogen) atoms. The monoisotopic (exact) mass is 512 g/mol. The van der Waals surface area contributed by atoms with E-state index in [0.29, 0.717) is 22.6 Å². The molecule has 4 aliphatic rings. The Bertz CT molecular complexity index is 1340. The Morgan fingerprint density at radius 3 is 2.37 bits per heavy atom. The van der Waals surface area contributed by atoms with E-state index in [-0.39, 0.29) is 11.5 Å². The average Bonchev–Trinajstić information content (AvgIpc) is 3.32. The molecule has 2 aromatic carbocycles. The molecule has 1 aromatic heterocycles. The van der Waals surface area contributed by atoms with Crippen molar-refractivity contribution in [1.82, 2.24) is 9.97 Å². The van der Waals surface area contributed by atoms with Gasteiger partial charge in [-0.25, -0.2) is 9.78 Å². The number of aromatic nitrogens is 2. The number of carboxylic acids is 1. The lowest BCUT2D eigenvalue weighted by atomic mass is 9.48. The van der Waals surface area contributed by atoms with Crippen LogP contribution in [0.15, 0.2) is 48.5 Å². The van der Waals surface area contributed by atoms with Crippen molar-refractivity contribution >= 4 is 23.3 Å². The maximum atomic E-state index is 13.5. The van der Waals surface area contributed by atoms with Gasteiger partial charge in [0.1, 0.15) is 11.5 Å². The summed E-state index contributed by atoms with van der Waals surface area (Å²) in [4.78, 5) is 35.3. The zero-order valence-corrected chi connectivity index (χ0v) is 22.2. The second kappa shape index (κ2) is 9.61. The van der Waals surface area contributed by atoms with E-state index < -0.39 is 5.97 Å². The maximum Gasteiger partial charge on any atom is 0.335 e. The van der Waals surface area contributed by atoms with Crippen LogP contribution in [0, 0.1) is 23.2 Å². The van der Waals surface area contributed by atoms with Crippen molar-refractivity contribution in [3.63, 3.8) is 0 Å². The molecule has 1 amide bonds. The maximum absolute atomic E-state index is 13.5. The lowest BCUT2D eigenvalue weighted by molar-refractivity contribution is -0.0570. The molecule has 0 radical (unpaired) electrons. The summed E-state index contributed by atoms with van der Waals surface area (Å²) in [6.07, 6.45) is 10.1. The number of carboxylic acid groups (broad SMARTS) is 1. The van der Waals surface area contributed by atoms with Gasteiger partial charge < -0.3 is 20.3 Å². The molecule has 7 heteroatoms. The summed E-state index contributed by atoms with van der Waals surface area (Å²) in [7, 11) is 4.00. The number of rotatable bonds is 8. The molecule has 3 N–H and O–H groups in total. The van der Waals surface area contributed by atoms with Gasteiger partial charge in [0, 0.05) is 36.7 Å². The number of carbonyl (C=O) groups is 2. The molecule has 0 spiro atoms. The number of imidazole rings is 1. The van der Waals surface area contributed by atoms with E-state index in [4.69, 9.17) is 4.98 Å². The van der Waals surface area contributed by atoms with E-state index in [1.54, 1.807) is 12.1 Å². The third-order valence-electron chi connectivity index (χ3n) is 9.07. The standard InChI is InChI=1S/C31H36N4O3/c1-35(2)25-8-4-5-22(15-25)28-33-26(9-10-31-16-19-11-20(17-31)13-21(12-19)18-31)27(34-28)29(36)32-24-7-3-6-23(14-24)30(37)38/h3-8,14-15,19-21H,9-13,16-18H2,1-2H3,(H,32,36)(H,33,34)(H,37,38). The van der Waals surface area contributed by atoms with Crippen LogP contribution in [0.3, 0.4) is 0 Å². The molecule has 0 saturated heterocycles. The number of carbonyl (C=O) groups excluding carboxylic acids is 1. The first-order valence-corrected chi connectivity index (χ1v) is 13.8. The van der Waals surface area contributed by atoms with Crippen LogP contribution >= 0.6 is 0 Å². The quantitative estimate of drug-likeness (QED) is 0.332. The summed E-state index contributed by atoms with van der Waals surface area (Å²) in [5, 5.41) is 12.2. The normalized spacial score (nSPS) is 25.4. The number of aromatic carboxylic acids is 1. The molecule has 4 fully saturated rings. The zero-order chi connectivity index (χ0) is 26.4. The van der Waals surface area contributed by atoms with Gasteiger partial charge in [-0.05, 0) is 105 Å². The highest BCUT2D eigenvalue weighted by Gasteiger charge is 2.50. The first-order valence-electron chi connectivity index (χ1n) is 13.8. The Morgan fingerprint density at radius 1 is 1.03 bits per heavy atom. The third-order valence-corrected chi connectivity index (χ3v) is 9.07. The third kappa shape index (κ3) is 4.82. The molecule has 4 saturated carbocycles. The number of nitrogens with zero attached hydrogens (tertiary/aromatic N) is 2. The van der Waals surface area contributed by atoms with Crippen molar-refractivity contribution in [2.45, 2.75) is 51.4 Å². The van der Waals surface area contributed by atoms with E-state index in [1.165, 1.54) is 50.7 Å². The highest BCUT2D eigenvalue weighted by atomic mass is 16.4. The van der Waals surface area contributed by atoms with Gasteiger partial charge >= 0.3 is 5.97 Å². The van der Waals surface area contributed by atoms with Gasteiger partial charge in [-0.2, -0.15) is 0 Å². The summed E-state index contributed by atoms with van der Waals surface area (Å²) in [6.45, 7) is 0. The number of anilines is 2. The fourth-order valence-corrected chi connectivity index (χ4v) is 7.75. The Morgan fingerprint density at radius 2 is 1.71 bits per heavy atom. The van der Waals surface area contributed by atoms with Crippen LogP contribution in [0.5, 0.6) is 0 Å². The smallest absolute Gasteiger partial charge is 0.335 e. The number of aryl methyl sites for hydroxylation is 1. The molecule has 0 unspecified atom stereocenters. The number of hydrogen-bond acceptors (Lipinski definition) is 4. The van der Waals surface area contributed by atoms with Crippen molar-refractivity contribution < 1.29 is 14.7 Å². The zero-order valence-electron chi connectivity index (χ0n) is 22.2. The first-order chi connectivity index (χ1) is 18.3. The van der Waals surface area contributed by atoms with Crippen molar-refractivity contribution in [1.29, 1.82) is 0 Å². The summed E-state index contributed by atoms with van der Waals surface area (Å²) < 4.78 is 0. The van der Waals surface area contributed by atoms with E-state index in [1.807, 2.05) is 37.2 Å². The van der Waals surface area contributed by atoms with Crippen LogP contribution < -0.4 is 10.2 Å². The summed E-state index contributed by atoms with van der Waals surface area (Å²) in [5.41, 5.74) is 4.21. The molecule has 1 heterocycles. The van der Waals surface area contributed by atoms with Crippen LogP contribution in [0.1, 0.15) is 71.5 Å². The number of benzene rings is 2. The second-order valence-electron chi connectivity index (χ2n) is 12.1. The highest BCUT2D eigenvalue weighted by Crippen LogP contribution is 2.61. The van der Waals surface area contributed by atoms with Crippen LogP contribution in [-0.4, -0.2) is 41.0 Å². The molecular weight excluding hydrogens is 476 g/mol. The Labute approximate surface area is 223 Å². The minimum absolute atomic E-state index is 0.132. The van der Waals surface area contributed by atoms with Gasteiger partial charge in [0.2, 0.25) is 0 Å². The SMILES string of the molecule is CN(C)c1cccc(-c2nc(C(=O)Nc3cccc(C(=O)O)c3)c(CCC34CC5CC(CC(C5)C3)C4)[nH]2)c1. The number of aromatic amines is 1. The Kier molecular flexibility index (Phi) is 6.25. The fourth-order valence-electron chi connectivity index (χ4n) is 7.75. The van der Waals surface area contributed by atoms with E-state index in [2.05, 4.69) is 16.4 Å². The minimum Gasteiger partial charge on any atom is -0.478 e. The van der Waals surface area contributed by atoms with E-state index in [0.717, 1.165) is 47.5 Å². The predicted molar refractivity (Wildman–Crippen MR) is 149 cm³/mol. The van der Waals surface area contributed by atoms with Crippen LogP contribution in [0.4, 0.5) is 11.4 Å². The molecule has 7 rings (SSSR count). The molecule has 198 valence electrons. The molecule has 4 aliphatic carbocycles. The van der Waals surface area contributed by atoms with Gasteiger partial charge in [0.05, 0.1) is 5.56 Å². The molecule has 0 atom stereocenters. The van der Waals surface area contributed by atoms with Crippen molar-refractivity contribution in [3.05, 3.63) is 65.5 Å². The van der Waals surface area contributed by atoms with E-state index in [9.17, 15) is 14.7 Å². The van der Waals surface area contributed by atoms with Crippen molar-refractivity contribution in [2.75, 3.05) is 24.3 Å². The van der Waals surface area contributed by atoms with Crippen molar-refractivity contribution in [2.24, 2.45) is 23.2 Å². The molecule has 7 nitrogen and oxygen atoms in total. The van der Waals surface area contributed by atoms with Gasteiger partial charge in [-0.1, -0.05) is 18.2 Å². The van der Waals surface area contributed by atoms with Gasteiger partial charge in [-0.3, -0.25) is 4.79 Å². The van der Waals surface area contributed by atoms with Gasteiger partial charge in [0.15, 0.2) is 0 Å². The second-order valence-corrected chi connectivity index (χ2v) is 12.1. The lowest BCUT2D eigenvalue weighted by Crippen LogP contribution is -2.46. The summed E-state index contributed by atoms with van der Waals surface area (Å²) >= 11 is 0. The predicted octanol–water partition coefficient (Wildman–Crippen LogP) is 6.24. The number of nitrogens with one attached hydrogen (secondary N) is 2. The largest absolute Gasteiger partial charge is 0.478 e. The Balaban J connectivity index is 1.29. The molecule has 3 aromatic rings. The number of amides is 1. The average molecular weight is 513 g/mol. The molecular formula is C31H36N4O3. The van der Waals surface area contributed by atoms with Crippen LogP contribution in [0.2, 0.25) is 0 Å². The summed E-state index contributed by atoms with van der Waals surface area (Å²) in [6, 6.07) is 14.4. The van der Waals surface area contributed by atoms with Gasteiger partial charge in [0.25, 0.3) is 5.91 Å². The number of hydrogen-bond donors (Lipinski definition) is 3. The molecule has 4 bridgehead atoms. The molecule has 0 aliphatic heterocycles. The van der Waals surface area contributed by atoms with Crippen LogP contribution in [0.25, 0.3) is 11.4 Å². The number of H-pyrrole nitrogens is 1. The van der Waals surface area contributed by atoms with E-state index >= 15 is 0 Å². The fraction of sp³-hybridized carbons (Fsp3) is 0.452. The van der Waals surface area contributed by atoms with Crippen molar-refractivity contribution in [3.8, 4) is 11.4 Å². The first kappa shape index (κ1) is 24.7. The van der Waals surface area contributed by atoms with Crippen LogP contribution in [-0.2, 0) is 6.42 Å². The lowest BCUT2D eigenvalue weighted by Gasteiger charge is -2.57. The summed E-state index contributed by atoms with van der Waals surface area (Å²) in [5.74, 6) is 1.99. The minimum atomic E-state index is -1.03. The Hall–Kier alpha value is -3.61.